The third-order valence-electron chi connectivity index (χ3n) is 6.98. The van der Waals surface area contributed by atoms with E-state index in [9.17, 15) is 9.59 Å². The minimum Gasteiger partial charge on any atom is -0.449 e. The summed E-state index contributed by atoms with van der Waals surface area (Å²) in [6.07, 6.45) is 6.23. The third-order valence-corrected chi connectivity index (χ3v) is 6.98. The molecular formula is C23H22N6O3. The smallest absolute Gasteiger partial charge is 0.346 e. The lowest BCUT2D eigenvalue weighted by Gasteiger charge is -2.32. The molecule has 162 valence electrons. The van der Waals surface area contributed by atoms with Crippen molar-refractivity contribution >= 4 is 33.9 Å². The van der Waals surface area contributed by atoms with Crippen LogP contribution in [0.5, 0.6) is 0 Å². The molecule has 1 aromatic carbocycles. The van der Waals surface area contributed by atoms with Crippen LogP contribution in [-0.4, -0.2) is 56.5 Å². The fourth-order valence-corrected chi connectivity index (χ4v) is 4.92. The van der Waals surface area contributed by atoms with E-state index in [4.69, 9.17) is 4.42 Å². The predicted molar refractivity (Wildman–Crippen MR) is 116 cm³/mol. The van der Waals surface area contributed by atoms with Gasteiger partial charge in [0.2, 0.25) is 0 Å². The van der Waals surface area contributed by atoms with Crippen molar-refractivity contribution in [2.24, 2.45) is 11.3 Å². The highest BCUT2D eigenvalue weighted by Crippen LogP contribution is 2.59. The second-order valence-corrected chi connectivity index (χ2v) is 8.76. The summed E-state index contributed by atoms with van der Waals surface area (Å²) in [6, 6.07) is 10.9. The zero-order valence-corrected chi connectivity index (χ0v) is 17.4. The number of nitrogens with zero attached hydrogens (tertiary/aromatic N) is 5. The van der Waals surface area contributed by atoms with Crippen molar-refractivity contribution < 1.29 is 14.0 Å². The first kappa shape index (κ1) is 19.0. The molecule has 1 atom stereocenters. The van der Waals surface area contributed by atoms with Crippen molar-refractivity contribution in [3.8, 4) is 0 Å². The standard InChI is InChI=1S/C23H22N6O3/c30-21(19-11-15-5-8-24-14-20(15)32-19)25-13-16-12-23(16)6-9-28(10-7-23)22(31)29-18-4-2-1-3-17(18)26-27-29/h1-5,8,11,14,16H,6-7,9-10,12-13H2,(H,25,30). The first-order valence-corrected chi connectivity index (χ1v) is 10.8. The van der Waals surface area contributed by atoms with Crippen molar-refractivity contribution in [2.45, 2.75) is 19.3 Å². The number of para-hydroxylation sites is 1. The molecule has 2 fully saturated rings. The number of piperidine rings is 1. The second kappa shape index (κ2) is 7.15. The topological polar surface area (TPSA) is 106 Å². The molecule has 4 heterocycles. The lowest BCUT2D eigenvalue weighted by atomic mass is 9.91. The molecule has 6 rings (SSSR count). The number of fused-ring (bicyclic) bond motifs is 2. The van der Waals surface area contributed by atoms with Crippen LogP contribution >= 0.6 is 0 Å². The van der Waals surface area contributed by atoms with Crippen LogP contribution in [0.1, 0.15) is 29.8 Å². The molecule has 0 bridgehead atoms. The van der Waals surface area contributed by atoms with Gasteiger partial charge in [-0.3, -0.25) is 9.78 Å². The van der Waals surface area contributed by atoms with E-state index in [0.717, 1.165) is 30.2 Å². The normalized spacial score (nSPS) is 19.5. The van der Waals surface area contributed by atoms with Crippen LogP contribution in [0.4, 0.5) is 4.79 Å². The Kier molecular flexibility index (Phi) is 4.24. The number of furan rings is 1. The maximum absolute atomic E-state index is 12.9. The lowest BCUT2D eigenvalue weighted by Crippen LogP contribution is -2.42. The Morgan fingerprint density at radius 1 is 1.19 bits per heavy atom. The minimum atomic E-state index is -0.200. The number of carbonyl (C=O) groups excluding carboxylic acids is 2. The zero-order valence-electron chi connectivity index (χ0n) is 17.4. The average Bonchev–Trinajstić information content (AvgIpc) is 3.17. The van der Waals surface area contributed by atoms with Gasteiger partial charge in [0.15, 0.2) is 11.3 Å². The Bertz CT molecular complexity index is 1300. The highest BCUT2D eigenvalue weighted by Gasteiger charge is 2.55. The molecule has 1 aliphatic heterocycles. The number of carbonyl (C=O) groups is 2. The van der Waals surface area contributed by atoms with Crippen molar-refractivity contribution in [1.29, 1.82) is 0 Å². The Labute approximate surface area is 183 Å². The number of rotatable bonds is 3. The molecular weight excluding hydrogens is 408 g/mol. The molecule has 32 heavy (non-hydrogen) atoms. The summed E-state index contributed by atoms with van der Waals surface area (Å²) in [4.78, 5) is 31.3. The molecule has 1 spiro atoms. The SMILES string of the molecule is O=C(NCC1CC12CCN(C(=O)n1nnc3ccccc31)CC2)c1cc2ccncc2o1. The van der Waals surface area contributed by atoms with Gasteiger partial charge < -0.3 is 14.6 Å². The van der Waals surface area contributed by atoms with Gasteiger partial charge >= 0.3 is 6.03 Å². The summed E-state index contributed by atoms with van der Waals surface area (Å²) in [5, 5.41) is 12.0. The molecule has 2 aliphatic rings. The quantitative estimate of drug-likeness (QED) is 0.535. The van der Waals surface area contributed by atoms with E-state index in [1.165, 1.54) is 4.68 Å². The Balaban J connectivity index is 1.05. The van der Waals surface area contributed by atoms with Crippen LogP contribution < -0.4 is 5.32 Å². The van der Waals surface area contributed by atoms with Crippen LogP contribution in [0.2, 0.25) is 0 Å². The van der Waals surface area contributed by atoms with Crippen molar-refractivity contribution in [1.82, 2.24) is 30.2 Å². The number of aromatic nitrogens is 4. The van der Waals surface area contributed by atoms with Gasteiger partial charge in [0.05, 0.1) is 11.7 Å². The molecule has 1 aliphatic carbocycles. The number of nitrogens with one attached hydrogen (secondary N) is 1. The minimum absolute atomic E-state index is 0.126. The Morgan fingerprint density at radius 2 is 2.03 bits per heavy atom. The molecule has 2 amide bonds. The first-order chi connectivity index (χ1) is 15.6. The number of hydrogen-bond donors (Lipinski definition) is 1. The van der Waals surface area contributed by atoms with Crippen LogP contribution in [-0.2, 0) is 0 Å². The van der Waals surface area contributed by atoms with E-state index in [-0.39, 0.29) is 17.4 Å². The van der Waals surface area contributed by atoms with Crippen LogP contribution in [0.3, 0.4) is 0 Å². The number of amides is 2. The Hall–Kier alpha value is -3.75. The van der Waals surface area contributed by atoms with E-state index in [1.807, 2.05) is 35.2 Å². The van der Waals surface area contributed by atoms with Gasteiger partial charge in [0.25, 0.3) is 5.91 Å². The van der Waals surface area contributed by atoms with Gasteiger partial charge in [0.1, 0.15) is 5.52 Å². The van der Waals surface area contributed by atoms with E-state index in [0.29, 0.717) is 42.4 Å². The van der Waals surface area contributed by atoms with Crippen LogP contribution in [0.15, 0.2) is 53.2 Å². The molecule has 1 saturated carbocycles. The fraction of sp³-hybridized carbons (Fsp3) is 0.348. The molecule has 9 nitrogen and oxygen atoms in total. The monoisotopic (exact) mass is 430 g/mol. The summed E-state index contributed by atoms with van der Waals surface area (Å²) in [7, 11) is 0. The van der Waals surface area contributed by atoms with Crippen molar-refractivity contribution in [2.75, 3.05) is 19.6 Å². The molecule has 1 N–H and O–H groups in total. The van der Waals surface area contributed by atoms with Gasteiger partial charge in [-0.1, -0.05) is 17.3 Å². The fourth-order valence-electron chi connectivity index (χ4n) is 4.92. The molecule has 3 aromatic heterocycles. The van der Waals surface area contributed by atoms with E-state index < -0.39 is 0 Å². The van der Waals surface area contributed by atoms with Crippen LogP contribution in [0, 0.1) is 11.3 Å². The van der Waals surface area contributed by atoms with Gasteiger partial charge in [-0.2, -0.15) is 4.68 Å². The van der Waals surface area contributed by atoms with Crippen molar-refractivity contribution in [3.63, 3.8) is 0 Å². The molecule has 4 aromatic rings. The molecule has 1 saturated heterocycles. The van der Waals surface area contributed by atoms with Gasteiger partial charge in [-0.15, -0.1) is 5.10 Å². The summed E-state index contributed by atoms with van der Waals surface area (Å²) in [5.41, 5.74) is 2.27. The maximum atomic E-state index is 12.9. The largest absolute Gasteiger partial charge is 0.449 e. The van der Waals surface area contributed by atoms with Gasteiger partial charge in [0, 0.05) is 31.2 Å². The third kappa shape index (κ3) is 3.12. The van der Waals surface area contributed by atoms with E-state index in [2.05, 4.69) is 20.6 Å². The Morgan fingerprint density at radius 3 is 2.88 bits per heavy atom. The van der Waals surface area contributed by atoms with E-state index >= 15 is 0 Å². The lowest BCUT2D eigenvalue weighted by molar-refractivity contribution is 0.0922. The van der Waals surface area contributed by atoms with Crippen LogP contribution in [0.25, 0.3) is 22.0 Å². The van der Waals surface area contributed by atoms with Gasteiger partial charge in [-0.05, 0) is 54.9 Å². The van der Waals surface area contributed by atoms with Gasteiger partial charge in [-0.25, -0.2) is 4.79 Å². The highest BCUT2D eigenvalue weighted by molar-refractivity contribution is 5.95. The average molecular weight is 430 g/mol. The number of hydrogen-bond acceptors (Lipinski definition) is 6. The first-order valence-electron chi connectivity index (χ1n) is 10.8. The predicted octanol–water partition coefficient (Wildman–Crippen LogP) is 3.07. The maximum Gasteiger partial charge on any atom is 0.346 e. The molecule has 0 radical (unpaired) electrons. The van der Waals surface area contributed by atoms with Crippen molar-refractivity contribution in [3.05, 3.63) is 54.6 Å². The molecule has 9 heteroatoms. The summed E-state index contributed by atoms with van der Waals surface area (Å²) in [6.45, 7) is 2.00. The number of likely N-dealkylation sites (tertiary alicyclic amines) is 1. The molecule has 1 unspecified atom stereocenters. The summed E-state index contributed by atoms with van der Waals surface area (Å²) in [5.74, 6) is 0.541. The summed E-state index contributed by atoms with van der Waals surface area (Å²) >= 11 is 0. The second-order valence-electron chi connectivity index (χ2n) is 8.76. The number of pyridine rings is 1. The summed E-state index contributed by atoms with van der Waals surface area (Å²) < 4.78 is 6.98. The number of benzene rings is 1. The van der Waals surface area contributed by atoms with E-state index in [1.54, 1.807) is 18.5 Å². The highest BCUT2D eigenvalue weighted by atomic mass is 16.3. The zero-order chi connectivity index (χ0) is 21.7.